The minimum atomic E-state index is -0.448. The fraction of sp³-hybridized carbons (Fsp3) is 0.727. The van der Waals surface area contributed by atoms with Gasteiger partial charge in [0, 0.05) is 56.9 Å². The van der Waals surface area contributed by atoms with Crippen molar-refractivity contribution in [3.8, 4) is 0 Å². The van der Waals surface area contributed by atoms with E-state index < -0.39 is 6.04 Å². The first-order valence-electron chi connectivity index (χ1n) is 11.1. The number of hydrogen-bond donors (Lipinski definition) is 0. The largest absolute Gasteiger partial charge is 0.383 e. The van der Waals surface area contributed by atoms with Crippen molar-refractivity contribution in [1.82, 2.24) is 14.4 Å². The van der Waals surface area contributed by atoms with Crippen LogP contribution in [0.25, 0.3) is 0 Å². The molecule has 0 spiro atoms. The van der Waals surface area contributed by atoms with Crippen molar-refractivity contribution >= 4 is 5.91 Å². The van der Waals surface area contributed by atoms with E-state index in [0.717, 1.165) is 44.6 Å². The number of hydrogen-bond acceptors (Lipinski definition) is 6. The number of methoxy groups -OCH3 is 1. The molecule has 30 heavy (non-hydrogen) atoms. The molecule has 0 radical (unpaired) electrons. The summed E-state index contributed by atoms with van der Waals surface area (Å²) >= 11 is 0. The first-order valence-corrected chi connectivity index (χ1v) is 11.1. The van der Waals surface area contributed by atoms with E-state index in [9.17, 15) is 9.59 Å². The van der Waals surface area contributed by atoms with E-state index in [0.29, 0.717) is 26.4 Å². The number of rotatable bonds is 5. The molecule has 0 N–H and O–H groups in total. The first kappa shape index (κ1) is 20.2. The topological polar surface area (TPSA) is 73.2 Å². The van der Waals surface area contributed by atoms with E-state index in [-0.39, 0.29) is 35.6 Å². The van der Waals surface area contributed by atoms with Crippen molar-refractivity contribution in [1.29, 1.82) is 0 Å². The van der Waals surface area contributed by atoms with Crippen LogP contribution in [0.4, 0.5) is 0 Å². The molecule has 1 aromatic rings. The lowest BCUT2D eigenvalue weighted by Crippen LogP contribution is -2.55. The van der Waals surface area contributed by atoms with Gasteiger partial charge in [-0.15, -0.1) is 0 Å². The van der Waals surface area contributed by atoms with Gasteiger partial charge in [0.05, 0.1) is 25.9 Å². The predicted octanol–water partition coefficient (Wildman–Crippen LogP) is 0.819. The van der Waals surface area contributed by atoms with Crippen LogP contribution in [0.1, 0.15) is 36.9 Å². The number of amides is 1. The zero-order valence-corrected chi connectivity index (χ0v) is 17.6. The standard InChI is InChI=1S/C22H31N3O5/c1-28-14-17-4-3-7-24(17)22(27)21-16-10-15(18-5-2-6-19(26)25(18)21)11-23(12-16)13-20-29-8-9-30-20/h2,5-6,15-17,20-21H,3-4,7-14H2,1H3/t15-,16+,17-,21+/m0/s1. The Morgan fingerprint density at radius 1 is 1.23 bits per heavy atom. The molecule has 4 atom stereocenters. The van der Waals surface area contributed by atoms with Crippen LogP contribution in [-0.2, 0) is 19.0 Å². The van der Waals surface area contributed by atoms with Gasteiger partial charge in [0.15, 0.2) is 6.29 Å². The van der Waals surface area contributed by atoms with E-state index in [2.05, 4.69) is 4.90 Å². The summed E-state index contributed by atoms with van der Waals surface area (Å²) in [4.78, 5) is 31.0. The molecule has 3 fully saturated rings. The molecule has 0 aliphatic carbocycles. The van der Waals surface area contributed by atoms with Crippen molar-refractivity contribution in [2.75, 3.05) is 53.1 Å². The average Bonchev–Trinajstić information content (AvgIpc) is 3.41. The smallest absolute Gasteiger partial charge is 0.251 e. The van der Waals surface area contributed by atoms with E-state index in [1.807, 2.05) is 17.0 Å². The molecule has 164 valence electrons. The molecule has 5 rings (SSSR count). The molecule has 0 saturated carbocycles. The highest BCUT2D eigenvalue weighted by Gasteiger charge is 2.46. The molecule has 1 amide bonds. The molecule has 4 aliphatic rings. The third-order valence-corrected chi connectivity index (χ3v) is 7.09. The summed E-state index contributed by atoms with van der Waals surface area (Å²) in [5.74, 6) is 0.424. The van der Waals surface area contributed by atoms with Gasteiger partial charge in [0.2, 0.25) is 5.91 Å². The van der Waals surface area contributed by atoms with E-state index >= 15 is 0 Å². The summed E-state index contributed by atoms with van der Waals surface area (Å²) < 4.78 is 18.5. The molecule has 8 nitrogen and oxygen atoms in total. The van der Waals surface area contributed by atoms with Crippen molar-refractivity contribution in [2.45, 2.75) is 43.6 Å². The van der Waals surface area contributed by atoms with Gasteiger partial charge in [0.25, 0.3) is 5.56 Å². The Balaban J connectivity index is 1.45. The number of likely N-dealkylation sites (tertiary alicyclic amines) is 2. The molecule has 0 aromatic carbocycles. The zero-order valence-electron chi connectivity index (χ0n) is 17.6. The van der Waals surface area contributed by atoms with Crippen molar-refractivity contribution in [3.63, 3.8) is 0 Å². The minimum absolute atomic E-state index is 0.0704. The molecular weight excluding hydrogens is 386 g/mol. The Morgan fingerprint density at radius 3 is 2.87 bits per heavy atom. The Hall–Kier alpha value is -1.74. The number of carbonyl (C=O) groups excluding carboxylic acids is 1. The lowest BCUT2D eigenvalue weighted by molar-refractivity contribution is -0.140. The Kier molecular flexibility index (Phi) is 5.66. The summed E-state index contributed by atoms with van der Waals surface area (Å²) in [5, 5.41) is 0. The number of aromatic nitrogens is 1. The lowest BCUT2D eigenvalue weighted by atomic mass is 9.78. The molecule has 1 aromatic heterocycles. The van der Waals surface area contributed by atoms with Crippen LogP contribution >= 0.6 is 0 Å². The summed E-state index contributed by atoms with van der Waals surface area (Å²) in [7, 11) is 1.68. The second kappa shape index (κ2) is 8.42. The van der Waals surface area contributed by atoms with E-state index in [1.54, 1.807) is 17.7 Å². The van der Waals surface area contributed by atoms with Crippen LogP contribution in [0.3, 0.4) is 0 Å². The van der Waals surface area contributed by atoms with Crippen molar-refractivity contribution in [3.05, 3.63) is 34.2 Å². The van der Waals surface area contributed by atoms with Crippen LogP contribution in [0.2, 0.25) is 0 Å². The SMILES string of the molecule is COC[C@@H]1CCCN1C(=O)[C@H]1[C@@H]2C[C@@H](CN(CC3OCCO3)C2)c2cccc(=O)n21. The van der Waals surface area contributed by atoms with Crippen molar-refractivity contribution < 1.29 is 19.0 Å². The van der Waals surface area contributed by atoms with E-state index in [4.69, 9.17) is 14.2 Å². The third kappa shape index (κ3) is 3.60. The summed E-state index contributed by atoms with van der Waals surface area (Å²) in [5.41, 5.74) is 0.913. The van der Waals surface area contributed by atoms with Crippen LogP contribution in [0, 0.1) is 5.92 Å². The molecule has 3 saturated heterocycles. The first-order chi connectivity index (χ1) is 14.7. The van der Waals surface area contributed by atoms with Gasteiger partial charge in [-0.3, -0.25) is 19.1 Å². The van der Waals surface area contributed by atoms with Gasteiger partial charge in [-0.25, -0.2) is 0 Å². The molecule has 5 heterocycles. The number of nitrogens with zero attached hydrogens (tertiary/aromatic N) is 3. The number of ether oxygens (including phenoxy) is 3. The van der Waals surface area contributed by atoms with Crippen LogP contribution in [0.15, 0.2) is 23.0 Å². The normalized spacial score (nSPS) is 31.8. The minimum Gasteiger partial charge on any atom is -0.383 e. The number of fused-ring (bicyclic) bond motifs is 4. The third-order valence-electron chi connectivity index (χ3n) is 7.09. The Labute approximate surface area is 176 Å². The van der Waals surface area contributed by atoms with E-state index in [1.165, 1.54) is 0 Å². The second-order valence-corrected chi connectivity index (χ2v) is 8.97. The molecule has 4 aliphatic heterocycles. The van der Waals surface area contributed by atoms with Gasteiger partial charge in [-0.1, -0.05) is 6.07 Å². The second-order valence-electron chi connectivity index (χ2n) is 8.97. The van der Waals surface area contributed by atoms with Crippen LogP contribution in [-0.4, -0.2) is 85.7 Å². The number of pyridine rings is 1. The average molecular weight is 418 g/mol. The maximum Gasteiger partial charge on any atom is 0.251 e. The van der Waals surface area contributed by atoms with Crippen LogP contribution < -0.4 is 5.56 Å². The number of piperidine rings is 1. The highest BCUT2D eigenvalue weighted by atomic mass is 16.7. The molecule has 0 unspecified atom stereocenters. The highest BCUT2D eigenvalue weighted by molar-refractivity contribution is 5.82. The molecular formula is C22H31N3O5. The van der Waals surface area contributed by atoms with Crippen LogP contribution in [0.5, 0.6) is 0 Å². The molecule has 2 bridgehead atoms. The monoisotopic (exact) mass is 417 g/mol. The summed E-state index contributed by atoms with van der Waals surface area (Å²) in [6, 6.07) is 5.07. The van der Waals surface area contributed by atoms with Gasteiger partial charge < -0.3 is 19.1 Å². The fourth-order valence-corrected chi connectivity index (χ4v) is 5.88. The van der Waals surface area contributed by atoms with Crippen molar-refractivity contribution in [2.24, 2.45) is 5.92 Å². The fourth-order valence-electron chi connectivity index (χ4n) is 5.88. The molecule has 8 heteroatoms. The summed E-state index contributed by atoms with van der Waals surface area (Å²) in [6.07, 6.45) is 2.68. The van der Waals surface area contributed by atoms with Gasteiger partial charge in [-0.2, -0.15) is 0 Å². The number of carbonyl (C=O) groups is 1. The summed E-state index contributed by atoms with van der Waals surface area (Å²) in [6.45, 7) is 4.91. The highest BCUT2D eigenvalue weighted by Crippen LogP contribution is 2.42. The maximum atomic E-state index is 13.8. The Morgan fingerprint density at radius 2 is 2.07 bits per heavy atom. The maximum absolute atomic E-state index is 13.8. The van der Waals surface area contributed by atoms with Gasteiger partial charge in [0.1, 0.15) is 6.04 Å². The quantitative estimate of drug-likeness (QED) is 0.706. The van der Waals surface area contributed by atoms with Gasteiger partial charge in [-0.05, 0) is 25.3 Å². The predicted molar refractivity (Wildman–Crippen MR) is 109 cm³/mol. The van der Waals surface area contributed by atoms with Gasteiger partial charge >= 0.3 is 0 Å². The lowest BCUT2D eigenvalue weighted by Gasteiger charge is -2.47. The zero-order chi connectivity index (χ0) is 20.7. The Bertz CT molecular complexity index is 836.